The highest BCUT2D eigenvalue weighted by Crippen LogP contribution is 2.35. The minimum absolute atomic E-state index is 0.201. The second kappa shape index (κ2) is 6.19. The van der Waals surface area contributed by atoms with Gasteiger partial charge in [-0.05, 0) is 32.1 Å². The van der Waals surface area contributed by atoms with Crippen LogP contribution in [-0.2, 0) is 0 Å². The first-order valence-electron chi connectivity index (χ1n) is 7.58. The number of rotatable bonds is 6. The molecule has 2 fully saturated rings. The lowest BCUT2D eigenvalue weighted by Crippen LogP contribution is -2.43. The van der Waals surface area contributed by atoms with E-state index in [9.17, 15) is 5.11 Å². The molecular weight excluding hydrogens is 210 g/mol. The molecule has 0 aromatic carbocycles. The average molecular weight is 239 g/mol. The minimum atomic E-state index is 0.201. The van der Waals surface area contributed by atoms with E-state index in [-0.39, 0.29) is 5.41 Å². The van der Waals surface area contributed by atoms with Crippen LogP contribution in [-0.4, -0.2) is 24.3 Å². The lowest BCUT2D eigenvalue weighted by molar-refractivity contribution is 0.0771. The minimum Gasteiger partial charge on any atom is -0.396 e. The predicted octanol–water partition coefficient (Wildman–Crippen LogP) is 3.10. The average Bonchev–Trinajstić information content (AvgIpc) is 2.32. The zero-order chi connectivity index (χ0) is 12.1. The molecule has 2 saturated carbocycles. The molecule has 17 heavy (non-hydrogen) atoms. The van der Waals surface area contributed by atoms with Gasteiger partial charge in [0.25, 0.3) is 0 Å². The first kappa shape index (κ1) is 13.4. The van der Waals surface area contributed by atoms with E-state index in [4.69, 9.17) is 0 Å². The first-order chi connectivity index (χ1) is 8.24. The van der Waals surface area contributed by atoms with E-state index < -0.39 is 0 Å². The van der Waals surface area contributed by atoms with Crippen LogP contribution in [0.2, 0.25) is 0 Å². The fraction of sp³-hybridized carbons (Fsp3) is 1.00. The maximum Gasteiger partial charge on any atom is 0.0499 e. The molecule has 0 aromatic heterocycles. The van der Waals surface area contributed by atoms with E-state index in [1.165, 1.54) is 57.8 Å². The van der Waals surface area contributed by atoms with Gasteiger partial charge in [-0.2, -0.15) is 0 Å². The molecule has 0 spiro atoms. The van der Waals surface area contributed by atoms with E-state index in [2.05, 4.69) is 12.2 Å². The van der Waals surface area contributed by atoms with Gasteiger partial charge in [-0.25, -0.2) is 0 Å². The van der Waals surface area contributed by atoms with Crippen molar-refractivity contribution in [3.05, 3.63) is 0 Å². The van der Waals surface area contributed by atoms with Gasteiger partial charge in [-0.15, -0.1) is 0 Å². The largest absolute Gasteiger partial charge is 0.396 e. The van der Waals surface area contributed by atoms with Crippen molar-refractivity contribution in [1.29, 1.82) is 0 Å². The Balaban J connectivity index is 1.70. The summed E-state index contributed by atoms with van der Waals surface area (Å²) in [5, 5.41) is 13.3. The van der Waals surface area contributed by atoms with Crippen LogP contribution in [0.5, 0.6) is 0 Å². The summed E-state index contributed by atoms with van der Waals surface area (Å²) in [6, 6.07) is 0.630. The van der Waals surface area contributed by atoms with Gasteiger partial charge in [0, 0.05) is 24.6 Å². The topological polar surface area (TPSA) is 32.3 Å². The highest BCUT2D eigenvalue weighted by Gasteiger charge is 2.31. The van der Waals surface area contributed by atoms with E-state index in [0.29, 0.717) is 12.6 Å². The van der Waals surface area contributed by atoms with Crippen molar-refractivity contribution in [2.24, 2.45) is 11.3 Å². The third kappa shape index (κ3) is 3.69. The molecule has 1 atom stereocenters. The highest BCUT2D eigenvalue weighted by molar-refractivity contribution is 4.86. The zero-order valence-electron chi connectivity index (χ0n) is 11.4. The molecule has 0 aromatic rings. The van der Waals surface area contributed by atoms with Gasteiger partial charge in [0.15, 0.2) is 0 Å². The van der Waals surface area contributed by atoms with Crippen molar-refractivity contribution >= 4 is 0 Å². The molecule has 2 aliphatic rings. The summed E-state index contributed by atoms with van der Waals surface area (Å²) in [5.74, 6) is 0.980. The van der Waals surface area contributed by atoms with Crippen molar-refractivity contribution in [2.75, 3.05) is 13.2 Å². The summed E-state index contributed by atoms with van der Waals surface area (Å²) in [7, 11) is 0. The number of hydrogen-bond acceptors (Lipinski definition) is 2. The predicted molar refractivity (Wildman–Crippen MR) is 72.0 cm³/mol. The summed E-state index contributed by atoms with van der Waals surface area (Å²) >= 11 is 0. The Hall–Kier alpha value is -0.0800. The van der Waals surface area contributed by atoms with E-state index in [1.54, 1.807) is 0 Å². The molecule has 0 amide bonds. The van der Waals surface area contributed by atoms with Crippen molar-refractivity contribution in [3.8, 4) is 0 Å². The summed E-state index contributed by atoms with van der Waals surface area (Å²) in [5.41, 5.74) is 0.201. The van der Waals surface area contributed by atoms with Crippen molar-refractivity contribution in [1.82, 2.24) is 5.32 Å². The van der Waals surface area contributed by atoms with Crippen LogP contribution < -0.4 is 5.32 Å². The molecule has 2 nitrogen and oxygen atoms in total. The maximum atomic E-state index is 9.65. The fourth-order valence-electron chi connectivity index (χ4n) is 3.40. The molecule has 0 radical (unpaired) electrons. The molecule has 0 aliphatic heterocycles. The third-order valence-corrected chi connectivity index (χ3v) is 4.99. The van der Waals surface area contributed by atoms with Crippen molar-refractivity contribution in [3.63, 3.8) is 0 Å². The van der Waals surface area contributed by atoms with Gasteiger partial charge in [0.05, 0.1) is 0 Å². The lowest BCUT2D eigenvalue weighted by Gasteiger charge is -2.37. The van der Waals surface area contributed by atoms with Crippen molar-refractivity contribution < 1.29 is 5.11 Å². The Bertz CT molecular complexity index is 219. The van der Waals surface area contributed by atoms with E-state index >= 15 is 0 Å². The van der Waals surface area contributed by atoms with Crippen molar-refractivity contribution in [2.45, 2.75) is 70.8 Å². The number of nitrogens with one attached hydrogen (secondary N) is 1. The smallest absolute Gasteiger partial charge is 0.0499 e. The Morgan fingerprint density at radius 3 is 2.41 bits per heavy atom. The van der Waals surface area contributed by atoms with Crippen LogP contribution in [0.3, 0.4) is 0 Å². The quantitative estimate of drug-likeness (QED) is 0.746. The standard InChI is InChI=1S/C15H29NO/c1-13(10-14-6-5-7-14)16-11-15(12-17)8-3-2-4-9-15/h13-14,16-17H,2-12H2,1H3. The van der Waals surface area contributed by atoms with Crippen LogP contribution >= 0.6 is 0 Å². The molecule has 0 saturated heterocycles. The van der Waals surface area contributed by atoms with Gasteiger partial charge >= 0.3 is 0 Å². The second-order valence-corrected chi connectivity index (χ2v) is 6.53. The Kier molecular flexibility index (Phi) is 4.87. The normalized spacial score (nSPS) is 26.5. The van der Waals surface area contributed by atoms with Gasteiger partial charge in [-0.3, -0.25) is 0 Å². The molecule has 0 heterocycles. The Labute approximate surface area is 106 Å². The number of aliphatic hydroxyl groups excluding tert-OH is 1. The van der Waals surface area contributed by atoms with Crippen LogP contribution in [0.25, 0.3) is 0 Å². The molecule has 2 N–H and O–H groups in total. The second-order valence-electron chi connectivity index (χ2n) is 6.53. The number of aliphatic hydroxyl groups is 1. The van der Waals surface area contributed by atoms with Gasteiger partial charge < -0.3 is 10.4 Å². The van der Waals surface area contributed by atoms with Gasteiger partial charge in [0.1, 0.15) is 0 Å². The molecule has 2 heteroatoms. The lowest BCUT2D eigenvalue weighted by atomic mass is 9.74. The van der Waals surface area contributed by atoms with E-state index in [1.807, 2.05) is 0 Å². The molecule has 0 bridgehead atoms. The first-order valence-corrected chi connectivity index (χ1v) is 7.58. The Morgan fingerprint density at radius 2 is 1.88 bits per heavy atom. The molecule has 100 valence electrons. The maximum absolute atomic E-state index is 9.65. The monoisotopic (exact) mass is 239 g/mol. The Morgan fingerprint density at radius 1 is 1.18 bits per heavy atom. The summed E-state index contributed by atoms with van der Waals surface area (Å²) in [6.07, 6.45) is 12.1. The number of hydrogen-bond donors (Lipinski definition) is 2. The highest BCUT2D eigenvalue weighted by atomic mass is 16.3. The molecular formula is C15H29NO. The summed E-state index contributed by atoms with van der Waals surface area (Å²) in [4.78, 5) is 0. The molecule has 2 aliphatic carbocycles. The molecule has 2 rings (SSSR count). The summed E-state index contributed by atoms with van der Waals surface area (Å²) in [6.45, 7) is 3.71. The zero-order valence-corrected chi connectivity index (χ0v) is 11.4. The van der Waals surface area contributed by atoms with Gasteiger partial charge in [-0.1, -0.05) is 38.5 Å². The third-order valence-electron chi connectivity index (χ3n) is 4.99. The summed E-state index contributed by atoms with van der Waals surface area (Å²) < 4.78 is 0. The molecule has 1 unspecified atom stereocenters. The van der Waals surface area contributed by atoms with Crippen LogP contribution in [0.1, 0.15) is 64.7 Å². The van der Waals surface area contributed by atoms with E-state index in [0.717, 1.165) is 12.5 Å². The van der Waals surface area contributed by atoms with Crippen LogP contribution in [0, 0.1) is 11.3 Å². The SMILES string of the molecule is CC(CC1CCC1)NCC1(CO)CCCCC1. The fourth-order valence-corrected chi connectivity index (χ4v) is 3.40. The van der Waals surface area contributed by atoms with Crippen LogP contribution in [0.4, 0.5) is 0 Å². The van der Waals surface area contributed by atoms with Gasteiger partial charge in [0.2, 0.25) is 0 Å². The van der Waals surface area contributed by atoms with Crippen LogP contribution in [0.15, 0.2) is 0 Å².